The molecule has 4 aliphatic rings. The zero-order valence-electron chi connectivity index (χ0n) is 10.7. The summed E-state index contributed by atoms with van der Waals surface area (Å²) in [5.41, 5.74) is 5.55. The van der Waals surface area contributed by atoms with Crippen LogP contribution in [0.1, 0.15) is 32.1 Å². The summed E-state index contributed by atoms with van der Waals surface area (Å²) in [4.78, 5) is 12.3. The Kier molecular flexibility index (Phi) is 2.31. The Morgan fingerprint density at radius 1 is 1.17 bits per heavy atom. The van der Waals surface area contributed by atoms with E-state index in [-0.39, 0.29) is 5.91 Å². The first-order valence-corrected chi connectivity index (χ1v) is 7.37. The Morgan fingerprint density at radius 3 is 2.39 bits per heavy atom. The molecule has 0 aromatic rings. The second-order valence-corrected chi connectivity index (χ2v) is 6.76. The van der Waals surface area contributed by atoms with Crippen molar-refractivity contribution in [2.75, 3.05) is 13.2 Å². The molecular weight excluding hydrogens is 228 g/mol. The third-order valence-corrected chi connectivity index (χ3v) is 5.87. The van der Waals surface area contributed by atoms with E-state index in [1.807, 2.05) is 0 Å². The van der Waals surface area contributed by atoms with Crippen molar-refractivity contribution in [2.45, 2.75) is 43.7 Å². The van der Waals surface area contributed by atoms with E-state index in [0.29, 0.717) is 32.1 Å². The second-order valence-electron chi connectivity index (χ2n) is 6.76. The van der Waals surface area contributed by atoms with E-state index in [9.17, 15) is 4.79 Å². The summed E-state index contributed by atoms with van der Waals surface area (Å²) in [5, 5.41) is 3.25. The molecule has 4 heteroatoms. The Bertz CT molecular complexity index is 362. The number of amides is 1. The molecule has 4 rings (SSSR count). The first-order valence-electron chi connectivity index (χ1n) is 7.37. The van der Waals surface area contributed by atoms with Gasteiger partial charge in [0.1, 0.15) is 0 Å². The van der Waals surface area contributed by atoms with Crippen LogP contribution in [0.2, 0.25) is 0 Å². The van der Waals surface area contributed by atoms with Crippen molar-refractivity contribution in [1.29, 1.82) is 0 Å². The molecule has 1 aliphatic heterocycles. The van der Waals surface area contributed by atoms with Crippen molar-refractivity contribution in [1.82, 2.24) is 5.32 Å². The third kappa shape index (κ3) is 1.48. The van der Waals surface area contributed by atoms with Crippen LogP contribution in [0.25, 0.3) is 0 Å². The van der Waals surface area contributed by atoms with Crippen LogP contribution in [0.3, 0.4) is 0 Å². The van der Waals surface area contributed by atoms with Gasteiger partial charge in [0.2, 0.25) is 5.91 Å². The van der Waals surface area contributed by atoms with Crippen molar-refractivity contribution in [3.8, 4) is 0 Å². The normalized spacial score (nSPS) is 47.7. The van der Waals surface area contributed by atoms with E-state index in [1.54, 1.807) is 0 Å². The van der Waals surface area contributed by atoms with Crippen molar-refractivity contribution >= 4 is 5.91 Å². The van der Waals surface area contributed by atoms with Crippen molar-refractivity contribution in [3.05, 3.63) is 0 Å². The number of rotatable bonds is 2. The molecule has 0 aromatic carbocycles. The number of hydrogen-bond acceptors (Lipinski definition) is 3. The van der Waals surface area contributed by atoms with Crippen LogP contribution < -0.4 is 11.1 Å². The molecule has 3 saturated carbocycles. The molecule has 1 saturated heterocycles. The predicted molar refractivity (Wildman–Crippen MR) is 66.7 cm³/mol. The van der Waals surface area contributed by atoms with Crippen LogP contribution >= 0.6 is 0 Å². The van der Waals surface area contributed by atoms with Gasteiger partial charge in [0, 0.05) is 19.3 Å². The maximum atomic E-state index is 12.3. The fourth-order valence-electron chi connectivity index (χ4n) is 4.78. The van der Waals surface area contributed by atoms with Crippen LogP contribution in [0.5, 0.6) is 0 Å². The molecule has 3 N–H and O–H groups in total. The van der Waals surface area contributed by atoms with E-state index in [2.05, 4.69) is 5.32 Å². The quantitative estimate of drug-likeness (QED) is 0.756. The highest BCUT2D eigenvalue weighted by molar-refractivity contribution is 5.86. The van der Waals surface area contributed by atoms with Crippen LogP contribution in [-0.2, 0) is 9.53 Å². The van der Waals surface area contributed by atoms with Gasteiger partial charge in [0.25, 0.3) is 0 Å². The van der Waals surface area contributed by atoms with Crippen LogP contribution in [0, 0.1) is 23.7 Å². The number of hydrogen-bond donors (Lipinski definition) is 2. The molecule has 0 radical (unpaired) electrons. The van der Waals surface area contributed by atoms with Gasteiger partial charge < -0.3 is 15.8 Å². The van der Waals surface area contributed by atoms with E-state index in [0.717, 1.165) is 23.7 Å². The molecule has 18 heavy (non-hydrogen) atoms. The molecule has 0 aromatic heterocycles. The lowest BCUT2D eigenvalue weighted by molar-refractivity contribution is -0.130. The van der Waals surface area contributed by atoms with Crippen LogP contribution in [-0.4, -0.2) is 30.7 Å². The summed E-state index contributed by atoms with van der Waals surface area (Å²) >= 11 is 0. The third-order valence-electron chi connectivity index (χ3n) is 5.87. The zero-order chi connectivity index (χ0) is 12.3. The van der Waals surface area contributed by atoms with Crippen molar-refractivity contribution in [3.63, 3.8) is 0 Å². The molecule has 4 fully saturated rings. The second kappa shape index (κ2) is 3.70. The van der Waals surface area contributed by atoms with Gasteiger partial charge in [0.15, 0.2) is 0 Å². The fourth-order valence-corrected chi connectivity index (χ4v) is 4.78. The first kappa shape index (κ1) is 11.2. The smallest absolute Gasteiger partial charge is 0.240 e. The average Bonchev–Trinajstić information content (AvgIpc) is 2.78. The lowest BCUT2D eigenvalue weighted by atomic mass is 9.90. The minimum atomic E-state index is -0.672. The summed E-state index contributed by atoms with van der Waals surface area (Å²) in [6.45, 7) is 1.24. The zero-order valence-corrected chi connectivity index (χ0v) is 10.7. The molecule has 4 atom stereocenters. The topological polar surface area (TPSA) is 64.4 Å². The number of ether oxygens (including phenoxy) is 1. The van der Waals surface area contributed by atoms with Gasteiger partial charge >= 0.3 is 0 Å². The number of nitrogens with one attached hydrogen (secondary N) is 1. The average molecular weight is 250 g/mol. The molecule has 2 bridgehead atoms. The maximum Gasteiger partial charge on any atom is 0.240 e. The van der Waals surface area contributed by atoms with Crippen LogP contribution in [0.15, 0.2) is 0 Å². The number of carbonyl (C=O) groups is 1. The van der Waals surface area contributed by atoms with Crippen molar-refractivity contribution < 1.29 is 9.53 Å². The molecule has 0 spiro atoms. The van der Waals surface area contributed by atoms with Gasteiger partial charge in [-0.2, -0.15) is 0 Å². The molecule has 1 heterocycles. The molecule has 100 valence electrons. The summed E-state index contributed by atoms with van der Waals surface area (Å²) in [6.07, 6.45) is 5.52. The van der Waals surface area contributed by atoms with Gasteiger partial charge in [-0.15, -0.1) is 0 Å². The highest BCUT2D eigenvalue weighted by Crippen LogP contribution is 2.65. The van der Waals surface area contributed by atoms with Gasteiger partial charge in [-0.1, -0.05) is 0 Å². The van der Waals surface area contributed by atoms with Gasteiger partial charge in [0.05, 0.1) is 5.54 Å². The monoisotopic (exact) mass is 250 g/mol. The largest absolute Gasteiger partial charge is 0.381 e. The van der Waals surface area contributed by atoms with Gasteiger partial charge in [-0.25, -0.2) is 0 Å². The molecule has 4 nitrogen and oxygen atoms in total. The SMILES string of the molecule is NC1(C(=O)NC2C3C4CCC(C4)C23)CCOCC1. The molecular formula is C14H22N2O2. The lowest BCUT2D eigenvalue weighted by Crippen LogP contribution is -2.57. The Morgan fingerprint density at radius 2 is 1.78 bits per heavy atom. The summed E-state index contributed by atoms with van der Waals surface area (Å²) < 4.78 is 5.29. The maximum absolute atomic E-state index is 12.3. The standard InChI is InChI=1S/C14H22N2O2/c15-14(3-5-18-6-4-14)13(17)16-12-10-8-1-2-9(7-8)11(10)12/h8-12H,1-7,15H2,(H,16,17). The van der Waals surface area contributed by atoms with Crippen LogP contribution in [0.4, 0.5) is 0 Å². The van der Waals surface area contributed by atoms with E-state index >= 15 is 0 Å². The predicted octanol–water partition coefficient (Wildman–Crippen LogP) is 0.655. The first-order chi connectivity index (χ1) is 8.69. The van der Waals surface area contributed by atoms with Gasteiger partial charge in [-0.3, -0.25) is 4.79 Å². The lowest BCUT2D eigenvalue weighted by Gasteiger charge is -2.32. The summed E-state index contributed by atoms with van der Waals surface area (Å²) in [5.74, 6) is 3.44. The van der Waals surface area contributed by atoms with Gasteiger partial charge in [-0.05, 0) is 55.8 Å². The minimum absolute atomic E-state index is 0.0737. The summed E-state index contributed by atoms with van der Waals surface area (Å²) in [7, 11) is 0. The molecule has 3 aliphatic carbocycles. The van der Waals surface area contributed by atoms with E-state index in [1.165, 1.54) is 19.3 Å². The molecule has 4 unspecified atom stereocenters. The molecule has 1 amide bonds. The fraction of sp³-hybridized carbons (Fsp3) is 0.929. The Hall–Kier alpha value is -0.610. The highest BCUT2D eigenvalue weighted by Gasteiger charge is 2.65. The van der Waals surface area contributed by atoms with E-state index < -0.39 is 5.54 Å². The highest BCUT2D eigenvalue weighted by atomic mass is 16.5. The number of nitrogens with two attached hydrogens (primary N) is 1. The minimum Gasteiger partial charge on any atom is -0.381 e. The number of carbonyl (C=O) groups excluding carboxylic acids is 1. The Labute approximate surface area is 108 Å². The van der Waals surface area contributed by atoms with Crippen molar-refractivity contribution in [2.24, 2.45) is 29.4 Å². The number of fused-ring (bicyclic) bond motifs is 5. The summed E-state index contributed by atoms with van der Waals surface area (Å²) in [6, 6.07) is 0.451. The van der Waals surface area contributed by atoms with E-state index in [4.69, 9.17) is 10.5 Å². The Balaban J connectivity index is 1.40.